The molecule has 3 rings (SSSR count). The van der Waals surface area contributed by atoms with Gasteiger partial charge in [-0.1, -0.05) is 244 Å². The van der Waals surface area contributed by atoms with Crippen LogP contribution in [0.25, 0.3) is 0 Å². The minimum absolute atomic E-state index is 0.0279. The highest BCUT2D eigenvalue weighted by molar-refractivity contribution is 7.47. The number of ether oxygens (including phenoxy) is 7. The van der Waals surface area contributed by atoms with Crippen molar-refractivity contribution in [2.75, 3.05) is 26.4 Å². The predicted octanol–water partition coefficient (Wildman–Crippen LogP) is 8.96. The molecule has 3 fully saturated rings. The van der Waals surface area contributed by atoms with Gasteiger partial charge in [-0.2, -0.15) is 0 Å². The van der Waals surface area contributed by atoms with Crippen molar-refractivity contribution in [1.82, 2.24) is 0 Å². The lowest BCUT2D eigenvalue weighted by Gasteiger charge is -2.49. The first-order chi connectivity index (χ1) is 45.3. The largest absolute Gasteiger partial charge is 0.472 e. The molecule has 0 aromatic carbocycles. The molecule has 2 heterocycles. The van der Waals surface area contributed by atoms with Crippen molar-refractivity contribution in [3.8, 4) is 0 Å². The van der Waals surface area contributed by atoms with Gasteiger partial charge in [0.1, 0.15) is 98.7 Å². The van der Waals surface area contributed by atoms with Gasteiger partial charge in [-0.05, 0) is 25.7 Å². The Kier molecular flexibility index (Phi) is 47.0. The quantitative estimate of drug-likeness (QED) is 0.00675. The first kappa shape index (κ1) is 85.7. The molecule has 3 aliphatic rings. The summed E-state index contributed by atoms with van der Waals surface area (Å²) in [7, 11) is -5.71. The van der Waals surface area contributed by atoms with E-state index in [1.807, 2.05) is 6.08 Å². The molecule has 0 aromatic rings. The van der Waals surface area contributed by atoms with Gasteiger partial charge in [0.25, 0.3) is 0 Å². The van der Waals surface area contributed by atoms with Gasteiger partial charge < -0.3 is 89.1 Å². The number of hydrogen-bond donors (Lipinski definition) is 11. The van der Waals surface area contributed by atoms with E-state index in [0.29, 0.717) is 12.8 Å². The van der Waals surface area contributed by atoms with Crippen molar-refractivity contribution in [2.45, 2.75) is 369 Å². The monoisotopic (exact) mass is 1370 g/mol. The van der Waals surface area contributed by atoms with Crippen LogP contribution in [0.15, 0.2) is 24.3 Å². The van der Waals surface area contributed by atoms with Crippen LogP contribution in [-0.4, -0.2) is 204 Å². The lowest BCUT2D eigenvalue weighted by atomic mass is 9.84. The van der Waals surface area contributed by atoms with E-state index < -0.39 is 156 Å². The summed E-state index contributed by atoms with van der Waals surface area (Å²) >= 11 is 0. The molecule has 0 bridgehead atoms. The molecule has 1 saturated carbocycles. The standard InChI is InChI=1S/C69H125O24P/c1-4-7-10-13-16-19-22-24-25-27-29-32-34-37-40-43-53(71)85-47-50(88-55(73)45-42-39-36-33-30-26-23-20-17-14-11-8-5-2)48-87-94(83,84)93-67-65(91-68-63(81)58(76)56(74)51(46-70)89-68)61(79)60(78)62(80)66(67)92-69-64(82)59(77)57(75)52(90-69)49-86-54(72)44-41-38-35-31-28-21-18-15-12-9-6-3/h34,37,40,43,50-52,56-70,74-82H,4-33,35-36,38-39,41-42,44-49H2,1-3H3,(H,83,84)/b37-34+,43-40+. The van der Waals surface area contributed by atoms with Gasteiger partial charge in [0.15, 0.2) is 18.7 Å². The van der Waals surface area contributed by atoms with Crippen LogP contribution in [0.4, 0.5) is 0 Å². The zero-order valence-corrected chi connectivity index (χ0v) is 57.9. The van der Waals surface area contributed by atoms with E-state index in [-0.39, 0.29) is 12.8 Å². The van der Waals surface area contributed by atoms with E-state index >= 15 is 0 Å². The van der Waals surface area contributed by atoms with Crippen LogP contribution in [0.5, 0.6) is 0 Å². The minimum Gasteiger partial charge on any atom is -0.463 e. The van der Waals surface area contributed by atoms with E-state index in [1.165, 1.54) is 134 Å². The predicted molar refractivity (Wildman–Crippen MR) is 351 cm³/mol. The summed E-state index contributed by atoms with van der Waals surface area (Å²) in [5, 5.41) is 110. The van der Waals surface area contributed by atoms with Crippen molar-refractivity contribution >= 4 is 25.7 Å². The van der Waals surface area contributed by atoms with E-state index in [0.717, 1.165) is 96.0 Å². The average molecular weight is 1370 g/mol. The third-order valence-corrected chi connectivity index (χ3v) is 18.8. The Morgan fingerprint density at radius 2 is 0.819 bits per heavy atom. The number of carbonyl (C=O) groups is 3. The normalized spacial score (nSPS) is 28.4. The summed E-state index contributed by atoms with van der Waals surface area (Å²) in [5.41, 5.74) is 0. The Bertz CT molecular complexity index is 2050. The number of aliphatic hydroxyl groups is 10. The Morgan fingerprint density at radius 1 is 0.436 bits per heavy atom. The number of phosphoric ester groups is 1. The van der Waals surface area contributed by atoms with Crippen molar-refractivity contribution in [1.29, 1.82) is 0 Å². The Hall–Kier alpha value is -2.56. The lowest BCUT2D eigenvalue weighted by Crippen LogP contribution is -2.69. The fourth-order valence-electron chi connectivity index (χ4n) is 11.9. The molecule has 94 heavy (non-hydrogen) atoms. The Balaban J connectivity index is 1.78. The maximum Gasteiger partial charge on any atom is 0.472 e. The van der Waals surface area contributed by atoms with E-state index in [9.17, 15) is 74.9 Å². The molecule has 0 spiro atoms. The molecular formula is C69H125O24P. The molecule has 1 aliphatic carbocycles. The lowest BCUT2D eigenvalue weighted by molar-refractivity contribution is -0.360. The zero-order chi connectivity index (χ0) is 68.9. The van der Waals surface area contributed by atoms with E-state index in [2.05, 4.69) is 20.8 Å². The van der Waals surface area contributed by atoms with Gasteiger partial charge in [0, 0.05) is 18.9 Å². The second kappa shape index (κ2) is 51.6. The molecule has 550 valence electrons. The summed E-state index contributed by atoms with van der Waals surface area (Å²) in [6.07, 6.45) is 10.5. The smallest absolute Gasteiger partial charge is 0.463 e. The van der Waals surface area contributed by atoms with Gasteiger partial charge in [0.05, 0.1) is 13.2 Å². The summed E-state index contributed by atoms with van der Waals surface area (Å²) in [6.45, 7) is 3.30. The summed E-state index contributed by atoms with van der Waals surface area (Å²) in [5.74, 6) is -2.24. The number of rotatable bonds is 55. The summed E-state index contributed by atoms with van der Waals surface area (Å²) in [6, 6.07) is 0. The van der Waals surface area contributed by atoms with Gasteiger partial charge in [-0.25, -0.2) is 9.36 Å². The molecule has 0 aromatic heterocycles. The van der Waals surface area contributed by atoms with Crippen LogP contribution < -0.4 is 0 Å². The van der Waals surface area contributed by atoms with Crippen molar-refractivity contribution in [3.63, 3.8) is 0 Å². The number of carbonyl (C=O) groups excluding carboxylic acids is 3. The van der Waals surface area contributed by atoms with Crippen LogP contribution in [0.3, 0.4) is 0 Å². The van der Waals surface area contributed by atoms with Crippen LogP contribution in [0.2, 0.25) is 0 Å². The minimum atomic E-state index is -5.71. The van der Waals surface area contributed by atoms with Gasteiger partial charge in [-0.15, -0.1) is 0 Å². The third kappa shape index (κ3) is 35.0. The fourth-order valence-corrected chi connectivity index (χ4v) is 12.9. The molecule has 0 amide bonds. The van der Waals surface area contributed by atoms with Gasteiger partial charge >= 0.3 is 25.7 Å². The second-order valence-corrected chi connectivity index (χ2v) is 27.4. The number of unbranched alkanes of at least 4 members (excludes halogenated alkanes) is 33. The highest BCUT2D eigenvalue weighted by atomic mass is 31.2. The van der Waals surface area contributed by atoms with E-state index in [4.69, 9.17) is 42.2 Å². The van der Waals surface area contributed by atoms with Crippen LogP contribution in [0, 0.1) is 0 Å². The fraction of sp³-hybridized carbons (Fsp3) is 0.899. The van der Waals surface area contributed by atoms with Crippen molar-refractivity contribution in [3.05, 3.63) is 24.3 Å². The second-order valence-electron chi connectivity index (χ2n) is 26.0. The SMILES string of the molecule is CCCCCCCCCCCCC/C=C/C=C/C(=O)OCC(COP(=O)(O)OC1C(OC2OC(CO)C(O)C(O)C2O)C(O)C(O)C(O)C1OC1OC(COC(=O)CCCCCCCCCCCCC)C(O)C(O)C1O)OC(=O)CCCCCCCCCCCCCCC. The number of hydrogen-bond acceptors (Lipinski definition) is 23. The molecule has 2 aliphatic heterocycles. The molecule has 2 saturated heterocycles. The van der Waals surface area contributed by atoms with Gasteiger partial charge in [0.2, 0.25) is 0 Å². The van der Waals surface area contributed by atoms with Crippen LogP contribution >= 0.6 is 7.82 Å². The zero-order valence-electron chi connectivity index (χ0n) is 57.0. The first-order valence-electron chi connectivity index (χ1n) is 36.2. The Labute approximate surface area is 560 Å². The number of allylic oxidation sites excluding steroid dienone is 3. The topological polar surface area (TPSA) is 374 Å². The molecule has 18 atom stereocenters. The van der Waals surface area contributed by atoms with Crippen molar-refractivity contribution < 1.29 is 117 Å². The van der Waals surface area contributed by atoms with E-state index in [1.54, 1.807) is 6.08 Å². The van der Waals surface area contributed by atoms with Crippen molar-refractivity contribution in [2.24, 2.45) is 0 Å². The molecular weight excluding hydrogens is 1240 g/mol. The third-order valence-electron chi connectivity index (χ3n) is 17.8. The van der Waals surface area contributed by atoms with Crippen LogP contribution in [-0.2, 0) is 61.2 Å². The molecule has 25 heteroatoms. The average Bonchev–Trinajstić information content (AvgIpc) is 0.764. The molecule has 11 N–H and O–H groups in total. The molecule has 0 radical (unpaired) electrons. The number of esters is 3. The van der Waals surface area contributed by atoms with Crippen LogP contribution in [0.1, 0.15) is 265 Å². The summed E-state index contributed by atoms with van der Waals surface area (Å²) < 4.78 is 64.7. The number of aliphatic hydroxyl groups excluding tert-OH is 10. The maximum atomic E-state index is 14.3. The highest BCUT2D eigenvalue weighted by Gasteiger charge is 2.58. The summed E-state index contributed by atoms with van der Waals surface area (Å²) in [4.78, 5) is 50.7. The molecule has 18 unspecified atom stereocenters. The maximum absolute atomic E-state index is 14.3. The number of phosphoric acid groups is 1. The molecule has 24 nitrogen and oxygen atoms in total. The Morgan fingerprint density at radius 3 is 1.26 bits per heavy atom. The van der Waals surface area contributed by atoms with Gasteiger partial charge in [-0.3, -0.25) is 18.6 Å². The first-order valence-corrected chi connectivity index (χ1v) is 37.7. The highest BCUT2D eigenvalue weighted by Crippen LogP contribution is 2.49.